The summed E-state index contributed by atoms with van der Waals surface area (Å²) in [5.74, 6) is 2.70. The molecule has 0 aliphatic heterocycles. The molecule has 0 unspecified atom stereocenters. The van der Waals surface area contributed by atoms with Gasteiger partial charge in [-0.2, -0.15) is 0 Å². The van der Waals surface area contributed by atoms with Gasteiger partial charge in [0.25, 0.3) is 0 Å². The third kappa shape index (κ3) is 6.41. The second kappa shape index (κ2) is 13.1. The van der Waals surface area contributed by atoms with E-state index in [4.69, 9.17) is 14.5 Å². The highest BCUT2D eigenvalue weighted by Gasteiger charge is 2.22. The van der Waals surface area contributed by atoms with Gasteiger partial charge in [-0.25, -0.2) is 4.98 Å². The molecule has 1 heterocycles. The van der Waals surface area contributed by atoms with Gasteiger partial charge >= 0.3 is 0 Å². The largest absolute Gasteiger partial charge is 0.497 e. The number of rotatable bonds is 13. The predicted octanol–water partition coefficient (Wildman–Crippen LogP) is 7.45. The summed E-state index contributed by atoms with van der Waals surface area (Å²) >= 11 is 0. The van der Waals surface area contributed by atoms with Crippen LogP contribution in [0.15, 0.2) is 78.9 Å². The Morgan fingerprint density at radius 2 is 1.49 bits per heavy atom. The zero-order chi connectivity index (χ0) is 26.0. The van der Waals surface area contributed by atoms with E-state index in [1.54, 1.807) is 14.2 Å². The molecule has 0 fully saturated rings. The number of aromatic nitrogens is 2. The fourth-order valence-electron chi connectivity index (χ4n) is 4.80. The Morgan fingerprint density at radius 3 is 2.11 bits per heavy atom. The molecule has 0 radical (unpaired) electrons. The maximum atomic E-state index is 5.72. The van der Waals surface area contributed by atoms with Crippen LogP contribution in [-0.4, -0.2) is 35.2 Å². The average molecular weight is 498 g/mol. The van der Waals surface area contributed by atoms with Crippen LogP contribution in [0.4, 0.5) is 0 Å². The number of benzene rings is 3. The van der Waals surface area contributed by atoms with Crippen molar-refractivity contribution in [3.63, 3.8) is 0 Å². The highest BCUT2D eigenvalue weighted by atomic mass is 16.5. The lowest BCUT2D eigenvalue weighted by atomic mass is 10.1. The van der Waals surface area contributed by atoms with Crippen LogP contribution < -0.4 is 9.47 Å². The van der Waals surface area contributed by atoms with Crippen molar-refractivity contribution in [2.45, 2.75) is 52.7 Å². The summed E-state index contributed by atoms with van der Waals surface area (Å²) in [5.41, 5.74) is 5.79. The third-order valence-corrected chi connectivity index (χ3v) is 6.69. The van der Waals surface area contributed by atoms with Gasteiger partial charge in [0, 0.05) is 42.4 Å². The van der Waals surface area contributed by atoms with E-state index in [-0.39, 0.29) is 0 Å². The maximum Gasteiger partial charge on any atom is 0.140 e. The van der Waals surface area contributed by atoms with Crippen LogP contribution in [0.5, 0.6) is 11.5 Å². The molecule has 37 heavy (non-hydrogen) atoms. The van der Waals surface area contributed by atoms with Crippen LogP contribution in [0, 0.1) is 0 Å². The molecular formula is C32H39N3O2. The van der Waals surface area contributed by atoms with Crippen molar-refractivity contribution >= 4 is 0 Å². The van der Waals surface area contributed by atoms with Gasteiger partial charge in [0.05, 0.1) is 25.6 Å². The predicted molar refractivity (Wildman–Crippen MR) is 152 cm³/mol. The molecule has 0 spiro atoms. The van der Waals surface area contributed by atoms with Gasteiger partial charge in [-0.3, -0.25) is 4.90 Å². The highest BCUT2D eigenvalue weighted by molar-refractivity contribution is 5.68. The second-order valence-electron chi connectivity index (χ2n) is 9.36. The zero-order valence-electron chi connectivity index (χ0n) is 22.6. The summed E-state index contributed by atoms with van der Waals surface area (Å²) in [7, 11) is 3.41. The van der Waals surface area contributed by atoms with Gasteiger partial charge in [-0.05, 0) is 25.5 Å². The van der Waals surface area contributed by atoms with Gasteiger partial charge in [-0.1, -0.05) is 87.0 Å². The number of imidazole rings is 1. The normalized spacial score (nSPS) is 11.2. The molecule has 0 atom stereocenters. The quantitative estimate of drug-likeness (QED) is 0.192. The lowest BCUT2D eigenvalue weighted by Gasteiger charge is -2.25. The van der Waals surface area contributed by atoms with Crippen LogP contribution in [0.2, 0.25) is 0 Å². The van der Waals surface area contributed by atoms with E-state index in [1.165, 1.54) is 5.69 Å². The van der Waals surface area contributed by atoms with Crippen molar-refractivity contribution in [3.8, 4) is 34.1 Å². The fourth-order valence-corrected chi connectivity index (χ4v) is 4.80. The summed E-state index contributed by atoms with van der Waals surface area (Å²) in [6.45, 7) is 7.99. The molecule has 0 aliphatic rings. The molecule has 0 saturated carbocycles. The Bertz CT molecular complexity index is 1250. The number of methoxy groups -OCH3 is 2. The van der Waals surface area contributed by atoms with Crippen molar-refractivity contribution in [2.24, 2.45) is 0 Å². The van der Waals surface area contributed by atoms with Gasteiger partial charge in [0.15, 0.2) is 0 Å². The summed E-state index contributed by atoms with van der Waals surface area (Å²) < 4.78 is 13.6. The first-order valence-electron chi connectivity index (χ1n) is 13.3. The smallest absolute Gasteiger partial charge is 0.140 e. The van der Waals surface area contributed by atoms with Crippen molar-refractivity contribution in [3.05, 3.63) is 90.1 Å². The Hall–Kier alpha value is -3.57. The van der Waals surface area contributed by atoms with Crippen LogP contribution in [-0.2, 0) is 19.6 Å². The molecule has 4 aromatic rings. The van der Waals surface area contributed by atoms with Crippen molar-refractivity contribution in [1.82, 2.24) is 14.5 Å². The SMILES string of the molecule is CCCCn1c(-c2ccccc2)nc(-c2ccccc2)c1CN(CCC)Cc1ccc(OC)cc1OC. The monoisotopic (exact) mass is 497 g/mol. The number of nitrogens with zero attached hydrogens (tertiary/aromatic N) is 3. The second-order valence-corrected chi connectivity index (χ2v) is 9.36. The molecule has 0 bridgehead atoms. The molecule has 0 saturated heterocycles. The van der Waals surface area contributed by atoms with Crippen LogP contribution >= 0.6 is 0 Å². The topological polar surface area (TPSA) is 39.5 Å². The van der Waals surface area contributed by atoms with E-state index in [9.17, 15) is 0 Å². The minimum atomic E-state index is 0.787. The molecule has 5 nitrogen and oxygen atoms in total. The first kappa shape index (κ1) is 26.5. The van der Waals surface area contributed by atoms with Crippen LogP contribution in [0.3, 0.4) is 0 Å². The molecule has 0 aliphatic carbocycles. The lowest BCUT2D eigenvalue weighted by Crippen LogP contribution is -2.26. The van der Waals surface area contributed by atoms with E-state index in [0.717, 1.165) is 85.1 Å². The molecule has 0 N–H and O–H groups in total. The Morgan fingerprint density at radius 1 is 0.784 bits per heavy atom. The van der Waals surface area contributed by atoms with E-state index < -0.39 is 0 Å². The first-order valence-corrected chi connectivity index (χ1v) is 13.3. The van der Waals surface area contributed by atoms with Gasteiger partial charge in [-0.15, -0.1) is 0 Å². The van der Waals surface area contributed by atoms with Crippen LogP contribution in [0.25, 0.3) is 22.6 Å². The minimum Gasteiger partial charge on any atom is -0.497 e. The summed E-state index contributed by atoms with van der Waals surface area (Å²) in [4.78, 5) is 7.78. The van der Waals surface area contributed by atoms with Crippen molar-refractivity contribution in [2.75, 3.05) is 20.8 Å². The molecule has 194 valence electrons. The van der Waals surface area contributed by atoms with Crippen molar-refractivity contribution in [1.29, 1.82) is 0 Å². The molecule has 1 aromatic heterocycles. The first-order chi connectivity index (χ1) is 18.2. The Kier molecular flexibility index (Phi) is 9.39. The fraction of sp³-hybridized carbons (Fsp3) is 0.344. The van der Waals surface area contributed by atoms with E-state index >= 15 is 0 Å². The van der Waals surface area contributed by atoms with Gasteiger partial charge < -0.3 is 14.0 Å². The van der Waals surface area contributed by atoms with E-state index in [1.807, 2.05) is 12.1 Å². The van der Waals surface area contributed by atoms with E-state index in [2.05, 4.69) is 90.0 Å². The number of hydrogen-bond donors (Lipinski definition) is 0. The van der Waals surface area contributed by atoms with Gasteiger partial charge in [0.2, 0.25) is 0 Å². The Labute approximate surface area is 221 Å². The molecule has 3 aromatic carbocycles. The summed E-state index contributed by atoms with van der Waals surface area (Å²) in [6, 6.07) is 27.3. The van der Waals surface area contributed by atoms with Crippen LogP contribution in [0.1, 0.15) is 44.4 Å². The maximum absolute atomic E-state index is 5.72. The van der Waals surface area contributed by atoms with Gasteiger partial charge in [0.1, 0.15) is 17.3 Å². The standard InChI is InChI=1S/C32H39N3O2/c1-5-7-21-35-29(24-34(20-6-2)23-27-18-19-28(36-3)22-30(27)37-4)31(25-14-10-8-11-15-25)33-32(35)26-16-12-9-13-17-26/h8-19,22H,5-7,20-21,23-24H2,1-4H3. The molecule has 5 heteroatoms. The Balaban J connectivity index is 1.79. The number of ether oxygens (including phenoxy) is 2. The third-order valence-electron chi connectivity index (χ3n) is 6.69. The summed E-state index contributed by atoms with van der Waals surface area (Å²) in [6.07, 6.45) is 3.31. The lowest BCUT2D eigenvalue weighted by molar-refractivity contribution is 0.246. The van der Waals surface area contributed by atoms with Crippen molar-refractivity contribution < 1.29 is 9.47 Å². The van der Waals surface area contributed by atoms with E-state index in [0.29, 0.717) is 0 Å². The molecule has 4 rings (SSSR count). The average Bonchev–Trinajstić information content (AvgIpc) is 3.30. The molecular weight excluding hydrogens is 458 g/mol. The minimum absolute atomic E-state index is 0.787. The zero-order valence-corrected chi connectivity index (χ0v) is 22.6. The summed E-state index contributed by atoms with van der Waals surface area (Å²) in [5, 5.41) is 0. The number of unbranched alkanes of at least 4 members (excludes halogenated alkanes) is 1. The molecule has 0 amide bonds. The number of hydrogen-bond acceptors (Lipinski definition) is 4. The highest BCUT2D eigenvalue weighted by Crippen LogP contribution is 2.32.